The zero-order valence-electron chi connectivity index (χ0n) is 10.6. The van der Waals surface area contributed by atoms with E-state index in [9.17, 15) is 18.3 Å². The molecule has 1 saturated carbocycles. The predicted octanol–water partition coefficient (Wildman–Crippen LogP) is 0.162. The lowest BCUT2D eigenvalue weighted by molar-refractivity contribution is -0.140. The van der Waals surface area contributed by atoms with Crippen LogP contribution in [0.1, 0.15) is 38.5 Å². The maximum Gasteiger partial charge on any atom is 0.305 e. The predicted molar refractivity (Wildman–Crippen MR) is 66.4 cm³/mol. The summed E-state index contributed by atoms with van der Waals surface area (Å²) in [7, 11) is -2.16. The second-order valence-corrected chi connectivity index (χ2v) is 6.45. The molecule has 2 unspecified atom stereocenters. The number of aliphatic hydroxyl groups excluding tert-OH is 1. The van der Waals surface area contributed by atoms with E-state index in [0.29, 0.717) is 12.8 Å². The fourth-order valence-corrected chi connectivity index (χ4v) is 3.43. The lowest BCUT2D eigenvalue weighted by Gasteiger charge is -2.28. The molecule has 0 aromatic rings. The van der Waals surface area contributed by atoms with Crippen LogP contribution < -0.4 is 4.72 Å². The van der Waals surface area contributed by atoms with Crippen LogP contribution in [0.4, 0.5) is 0 Å². The standard InChI is InChI=1S/C11H21NO5S/c1-17-11(14)7-4-8-18(15,16)12-9-5-2-3-6-10(9)13/h9-10,12-13H,2-8H2,1H3. The average molecular weight is 279 g/mol. The maximum absolute atomic E-state index is 11.7. The van der Waals surface area contributed by atoms with Crippen molar-refractivity contribution in [3.8, 4) is 0 Å². The summed E-state index contributed by atoms with van der Waals surface area (Å²) in [6, 6.07) is -0.387. The van der Waals surface area contributed by atoms with Gasteiger partial charge < -0.3 is 9.84 Å². The third-order valence-corrected chi connectivity index (χ3v) is 4.57. The lowest BCUT2D eigenvalue weighted by Crippen LogP contribution is -2.45. The third kappa shape index (κ3) is 5.32. The number of sulfonamides is 1. The van der Waals surface area contributed by atoms with Crippen LogP contribution in [0.5, 0.6) is 0 Å². The summed E-state index contributed by atoms with van der Waals surface area (Å²) >= 11 is 0. The Kier molecular flexibility index (Phi) is 6.04. The monoisotopic (exact) mass is 279 g/mol. The molecule has 1 aliphatic rings. The summed E-state index contributed by atoms with van der Waals surface area (Å²) in [6.07, 6.45) is 2.87. The SMILES string of the molecule is COC(=O)CCCS(=O)(=O)NC1CCCCC1O. The average Bonchev–Trinajstić information content (AvgIpc) is 2.31. The first-order chi connectivity index (χ1) is 8.44. The van der Waals surface area contributed by atoms with Gasteiger partial charge in [0.2, 0.25) is 10.0 Å². The minimum atomic E-state index is -3.44. The Morgan fingerprint density at radius 3 is 2.67 bits per heavy atom. The van der Waals surface area contributed by atoms with E-state index >= 15 is 0 Å². The molecule has 0 heterocycles. The number of esters is 1. The molecule has 1 aliphatic carbocycles. The summed E-state index contributed by atoms with van der Waals surface area (Å²) < 4.78 is 30.4. The summed E-state index contributed by atoms with van der Waals surface area (Å²) in [5.41, 5.74) is 0. The molecule has 6 nitrogen and oxygen atoms in total. The van der Waals surface area contributed by atoms with Crippen molar-refractivity contribution < 1.29 is 23.1 Å². The topological polar surface area (TPSA) is 92.7 Å². The van der Waals surface area contributed by atoms with Crippen molar-refractivity contribution in [3.05, 3.63) is 0 Å². The Labute approximate surface area is 108 Å². The van der Waals surface area contributed by atoms with Gasteiger partial charge in [0.25, 0.3) is 0 Å². The highest BCUT2D eigenvalue weighted by Gasteiger charge is 2.26. The number of hydrogen-bond donors (Lipinski definition) is 2. The van der Waals surface area contributed by atoms with Crippen molar-refractivity contribution in [3.63, 3.8) is 0 Å². The van der Waals surface area contributed by atoms with Crippen molar-refractivity contribution in [2.75, 3.05) is 12.9 Å². The van der Waals surface area contributed by atoms with Crippen LogP contribution in [0.3, 0.4) is 0 Å². The van der Waals surface area contributed by atoms with Crippen LogP contribution in [0.2, 0.25) is 0 Å². The Balaban J connectivity index is 2.36. The summed E-state index contributed by atoms with van der Waals surface area (Å²) in [6.45, 7) is 0. The molecule has 18 heavy (non-hydrogen) atoms. The molecule has 2 atom stereocenters. The molecule has 0 aromatic heterocycles. The highest BCUT2D eigenvalue weighted by atomic mass is 32.2. The zero-order valence-corrected chi connectivity index (χ0v) is 11.4. The van der Waals surface area contributed by atoms with E-state index in [1.165, 1.54) is 7.11 Å². The van der Waals surface area contributed by atoms with Crippen molar-refractivity contribution >= 4 is 16.0 Å². The third-order valence-electron chi connectivity index (χ3n) is 3.08. The van der Waals surface area contributed by atoms with Crippen LogP contribution in [0, 0.1) is 0 Å². The molecular weight excluding hydrogens is 258 g/mol. The van der Waals surface area contributed by atoms with Gasteiger partial charge in [-0.3, -0.25) is 4.79 Å². The fourth-order valence-electron chi connectivity index (χ4n) is 2.05. The molecule has 7 heteroatoms. The van der Waals surface area contributed by atoms with Crippen LogP contribution in [0.25, 0.3) is 0 Å². The van der Waals surface area contributed by atoms with E-state index in [4.69, 9.17) is 0 Å². The summed E-state index contributed by atoms with van der Waals surface area (Å²) in [4.78, 5) is 10.9. The summed E-state index contributed by atoms with van der Waals surface area (Å²) in [5.74, 6) is -0.534. The normalized spacial score (nSPS) is 24.8. The van der Waals surface area contributed by atoms with Gasteiger partial charge in [0.05, 0.1) is 19.0 Å². The van der Waals surface area contributed by atoms with Crippen LogP contribution in [-0.2, 0) is 19.6 Å². The van der Waals surface area contributed by atoms with Gasteiger partial charge >= 0.3 is 5.97 Å². The number of hydrogen-bond acceptors (Lipinski definition) is 5. The molecule has 0 saturated heterocycles. The summed E-state index contributed by atoms with van der Waals surface area (Å²) in [5, 5.41) is 9.68. The van der Waals surface area contributed by atoms with Crippen LogP contribution in [0.15, 0.2) is 0 Å². The quantitative estimate of drug-likeness (QED) is 0.676. The van der Waals surface area contributed by atoms with Gasteiger partial charge in [-0.25, -0.2) is 13.1 Å². The van der Waals surface area contributed by atoms with Gasteiger partial charge in [-0.05, 0) is 19.3 Å². The molecule has 0 bridgehead atoms. The molecule has 0 amide bonds. The first kappa shape index (κ1) is 15.4. The molecule has 0 spiro atoms. The first-order valence-electron chi connectivity index (χ1n) is 6.19. The molecular formula is C11H21NO5S. The highest BCUT2D eigenvalue weighted by molar-refractivity contribution is 7.89. The second-order valence-electron chi connectivity index (χ2n) is 4.57. The highest BCUT2D eigenvalue weighted by Crippen LogP contribution is 2.19. The molecule has 0 aromatic carbocycles. The minimum absolute atomic E-state index is 0.0879. The van der Waals surface area contributed by atoms with Crippen LogP contribution in [-0.4, -0.2) is 44.5 Å². The Morgan fingerprint density at radius 1 is 1.39 bits per heavy atom. The molecule has 106 valence electrons. The van der Waals surface area contributed by atoms with Crippen molar-refractivity contribution in [2.24, 2.45) is 0 Å². The van der Waals surface area contributed by atoms with Crippen molar-refractivity contribution in [1.82, 2.24) is 4.72 Å². The molecule has 0 aliphatic heterocycles. The Bertz CT molecular complexity index is 368. The van der Waals surface area contributed by atoms with E-state index in [1.54, 1.807) is 0 Å². The van der Waals surface area contributed by atoms with E-state index in [-0.39, 0.29) is 24.6 Å². The number of carbonyl (C=O) groups excluding carboxylic acids is 1. The van der Waals surface area contributed by atoms with Crippen molar-refractivity contribution in [2.45, 2.75) is 50.7 Å². The van der Waals surface area contributed by atoms with E-state index in [1.807, 2.05) is 0 Å². The maximum atomic E-state index is 11.7. The number of rotatable bonds is 6. The van der Waals surface area contributed by atoms with Gasteiger partial charge in [-0.15, -0.1) is 0 Å². The van der Waals surface area contributed by atoms with E-state index in [2.05, 4.69) is 9.46 Å². The van der Waals surface area contributed by atoms with Gasteiger partial charge in [-0.2, -0.15) is 0 Å². The molecule has 1 fully saturated rings. The minimum Gasteiger partial charge on any atom is -0.469 e. The lowest BCUT2D eigenvalue weighted by atomic mass is 9.93. The zero-order chi connectivity index (χ0) is 13.6. The number of methoxy groups -OCH3 is 1. The van der Waals surface area contributed by atoms with Gasteiger partial charge in [0.15, 0.2) is 0 Å². The largest absolute Gasteiger partial charge is 0.469 e. The molecule has 0 radical (unpaired) electrons. The van der Waals surface area contributed by atoms with E-state index < -0.39 is 22.1 Å². The smallest absolute Gasteiger partial charge is 0.305 e. The van der Waals surface area contributed by atoms with Crippen molar-refractivity contribution in [1.29, 1.82) is 0 Å². The number of nitrogens with one attached hydrogen (secondary N) is 1. The number of ether oxygens (including phenoxy) is 1. The Morgan fingerprint density at radius 2 is 2.06 bits per heavy atom. The Hall–Kier alpha value is -0.660. The fraction of sp³-hybridized carbons (Fsp3) is 0.909. The second kappa shape index (κ2) is 7.06. The van der Waals surface area contributed by atoms with E-state index in [0.717, 1.165) is 12.8 Å². The number of aliphatic hydroxyl groups is 1. The first-order valence-corrected chi connectivity index (χ1v) is 7.85. The molecule has 2 N–H and O–H groups in total. The number of carbonyl (C=O) groups is 1. The van der Waals surface area contributed by atoms with Gasteiger partial charge in [-0.1, -0.05) is 12.8 Å². The van der Waals surface area contributed by atoms with Crippen LogP contribution >= 0.6 is 0 Å². The molecule has 1 rings (SSSR count). The van der Waals surface area contributed by atoms with Gasteiger partial charge in [0, 0.05) is 12.5 Å². The van der Waals surface area contributed by atoms with Gasteiger partial charge in [0.1, 0.15) is 0 Å².